The standard InChI is InChI=1S/C11H21NOS/c13-14(9-10-7-12-8-10)11-5-3-1-2-4-6-11/h10-12H,1-9H2. The van der Waals surface area contributed by atoms with Crippen LogP contribution in [0.3, 0.4) is 0 Å². The van der Waals surface area contributed by atoms with Crippen molar-refractivity contribution in [3.63, 3.8) is 0 Å². The number of hydrogen-bond donors (Lipinski definition) is 1. The van der Waals surface area contributed by atoms with E-state index in [1.54, 1.807) is 0 Å². The Kier molecular flexibility index (Phi) is 3.99. The molecule has 3 heteroatoms. The quantitative estimate of drug-likeness (QED) is 0.726. The molecule has 1 saturated carbocycles. The topological polar surface area (TPSA) is 29.1 Å². The van der Waals surface area contributed by atoms with E-state index in [1.807, 2.05) is 0 Å². The minimum Gasteiger partial charge on any atom is -0.316 e. The molecule has 1 saturated heterocycles. The minimum atomic E-state index is -0.536. The van der Waals surface area contributed by atoms with Gasteiger partial charge in [0.1, 0.15) is 0 Å². The molecule has 0 amide bonds. The molecule has 0 radical (unpaired) electrons. The molecule has 0 aromatic rings. The van der Waals surface area contributed by atoms with E-state index in [-0.39, 0.29) is 0 Å². The van der Waals surface area contributed by atoms with Gasteiger partial charge in [0.05, 0.1) is 0 Å². The molecule has 1 unspecified atom stereocenters. The first-order chi connectivity index (χ1) is 6.86. The fraction of sp³-hybridized carbons (Fsp3) is 1.00. The van der Waals surface area contributed by atoms with Crippen LogP contribution in [0.4, 0.5) is 0 Å². The molecule has 2 fully saturated rings. The van der Waals surface area contributed by atoms with Gasteiger partial charge < -0.3 is 5.32 Å². The summed E-state index contributed by atoms with van der Waals surface area (Å²) in [6.45, 7) is 2.19. The van der Waals surface area contributed by atoms with Gasteiger partial charge in [0.2, 0.25) is 0 Å². The Labute approximate surface area is 89.3 Å². The van der Waals surface area contributed by atoms with Crippen LogP contribution in [-0.2, 0) is 10.8 Å². The Morgan fingerprint density at radius 1 is 1.07 bits per heavy atom. The summed E-state index contributed by atoms with van der Waals surface area (Å²) in [6.07, 6.45) is 7.76. The van der Waals surface area contributed by atoms with Crippen molar-refractivity contribution >= 4 is 10.8 Å². The SMILES string of the molecule is O=S(CC1CNC1)C1CCCCCC1. The lowest BCUT2D eigenvalue weighted by Gasteiger charge is -2.28. The minimum absolute atomic E-state index is 0.526. The summed E-state index contributed by atoms with van der Waals surface area (Å²) < 4.78 is 12.0. The first-order valence-corrected chi connectivity index (χ1v) is 7.32. The smallest absolute Gasteiger partial charge is 0.0348 e. The molecule has 1 N–H and O–H groups in total. The predicted molar refractivity (Wildman–Crippen MR) is 60.9 cm³/mol. The molecular formula is C11H21NOS. The third-order valence-electron chi connectivity index (χ3n) is 3.44. The van der Waals surface area contributed by atoms with Crippen molar-refractivity contribution in [2.24, 2.45) is 5.92 Å². The van der Waals surface area contributed by atoms with Crippen molar-refractivity contribution in [1.29, 1.82) is 0 Å². The van der Waals surface area contributed by atoms with Gasteiger partial charge in [-0.25, -0.2) is 0 Å². The van der Waals surface area contributed by atoms with E-state index in [4.69, 9.17) is 0 Å². The summed E-state index contributed by atoms with van der Waals surface area (Å²) in [7, 11) is -0.536. The van der Waals surface area contributed by atoms with Crippen LogP contribution in [0, 0.1) is 5.92 Å². The highest BCUT2D eigenvalue weighted by molar-refractivity contribution is 7.85. The van der Waals surface area contributed by atoms with Gasteiger partial charge in [-0.05, 0) is 18.8 Å². The number of rotatable bonds is 3. The van der Waals surface area contributed by atoms with Crippen molar-refractivity contribution in [3.05, 3.63) is 0 Å². The van der Waals surface area contributed by atoms with Gasteiger partial charge in [0.25, 0.3) is 0 Å². The van der Waals surface area contributed by atoms with E-state index >= 15 is 0 Å². The Morgan fingerprint density at radius 2 is 1.71 bits per heavy atom. The average Bonchev–Trinajstić information content (AvgIpc) is 2.38. The van der Waals surface area contributed by atoms with Gasteiger partial charge in [-0.1, -0.05) is 25.7 Å². The van der Waals surface area contributed by atoms with Gasteiger partial charge in [0, 0.05) is 34.9 Å². The number of hydrogen-bond acceptors (Lipinski definition) is 2. The Hall–Kier alpha value is 0.110. The number of nitrogens with one attached hydrogen (secondary N) is 1. The second-order valence-corrected chi connectivity index (χ2v) is 6.45. The summed E-state index contributed by atoms with van der Waals surface area (Å²) in [5.74, 6) is 1.66. The molecule has 82 valence electrons. The summed E-state index contributed by atoms with van der Waals surface area (Å²) in [6, 6.07) is 0. The molecule has 2 rings (SSSR count). The fourth-order valence-electron chi connectivity index (χ4n) is 2.34. The highest BCUT2D eigenvalue weighted by Gasteiger charge is 2.24. The van der Waals surface area contributed by atoms with Gasteiger partial charge in [-0.2, -0.15) is 0 Å². The molecule has 1 aliphatic heterocycles. The van der Waals surface area contributed by atoms with Crippen LogP contribution >= 0.6 is 0 Å². The van der Waals surface area contributed by atoms with E-state index in [2.05, 4.69) is 5.32 Å². The Bertz CT molecular complexity index is 195. The molecule has 0 aromatic carbocycles. The largest absolute Gasteiger partial charge is 0.316 e. The van der Waals surface area contributed by atoms with E-state index in [1.165, 1.54) is 38.5 Å². The lowest BCUT2D eigenvalue weighted by molar-refractivity contribution is 0.381. The summed E-state index contributed by atoms with van der Waals surface area (Å²) in [5, 5.41) is 3.77. The second-order valence-electron chi connectivity index (χ2n) is 4.69. The van der Waals surface area contributed by atoms with E-state index in [9.17, 15) is 4.21 Å². The molecule has 0 spiro atoms. The summed E-state index contributed by atoms with van der Waals surface area (Å²) in [5.41, 5.74) is 0. The van der Waals surface area contributed by atoms with E-state index < -0.39 is 10.8 Å². The van der Waals surface area contributed by atoms with Crippen LogP contribution in [0.25, 0.3) is 0 Å². The first-order valence-electron chi connectivity index (χ1n) is 5.94. The predicted octanol–water partition coefficient (Wildman–Crippen LogP) is 1.68. The molecular weight excluding hydrogens is 194 g/mol. The van der Waals surface area contributed by atoms with Crippen molar-refractivity contribution in [2.45, 2.75) is 43.8 Å². The molecule has 2 aliphatic rings. The highest BCUT2D eigenvalue weighted by Crippen LogP contribution is 2.22. The molecule has 1 atom stereocenters. The molecule has 0 aromatic heterocycles. The first kappa shape index (κ1) is 10.6. The van der Waals surface area contributed by atoms with Crippen LogP contribution in [0.1, 0.15) is 38.5 Å². The van der Waals surface area contributed by atoms with Gasteiger partial charge in [-0.15, -0.1) is 0 Å². The highest BCUT2D eigenvalue weighted by atomic mass is 32.2. The summed E-state index contributed by atoms with van der Waals surface area (Å²) >= 11 is 0. The average molecular weight is 215 g/mol. The van der Waals surface area contributed by atoms with E-state index in [0.29, 0.717) is 11.2 Å². The maximum atomic E-state index is 12.0. The lowest BCUT2D eigenvalue weighted by Crippen LogP contribution is -2.45. The lowest BCUT2D eigenvalue weighted by atomic mass is 10.1. The van der Waals surface area contributed by atoms with Crippen molar-refractivity contribution in [1.82, 2.24) is 5.32 Å². The van der Waals surface area contributed by atoms with Crippen molar-refractivity contribution in [3.8, 4) is 0 Å². The third-order valence-corrected chi connectivity index (χ3v) is 5.45. The van der Waals surface area contributed by atoms with Gasteiger partial charge >= 0.3 is 0 Å². The molecule has 0 bridgehead atoms. The van der Waals surface area contributed by atoms with Crippen LogP contribution < -0.4 is 5.32 Å². The Balaban J connectivity index is 1.76. The van der Waals surface area contributed by atoms with E-state index in [0.717, 1.165) is 18.8 Å². The second kappa shape index (κ2) is 5.26. The van der Waals surface area contributed by atoms with Gasteiger partial charge in [0.15, 0.2) is 0 Å². The zero-order valence-corrected chi connectivity index (χ0v) is 9.65. The molecule has 1 heterocycles. The van der Waals surface area contributed by atoms with Crippen LogP contribution in [0.2, 0.25) is 0 Å². The maximum absolute atomic E-state index is 12.0. The molecule has 2 nitrogen and oxygen atoms in total. The monoisotopic (exact) mass is 215 g/mol. The summed E-state index contributed by atoms with van der Waals surface area (Å²) in [4.78, 5) is 0. The van der Waals surface area contributed by atoms with Crippen molar-refractivity contribution in [2.75, 3.05) is 18.8 Å². The zero-order valence-electron chi connectivity index (χ0n) is 8.84. The molecule has 1 aliphatic carbocycles. The zero-order chi connectivity index (χ0) is 9.80. The maximum Gasteiger partial charge on any atom is 0.0348 e. The fourth-order valence-corrected chi connectivity index (χ4v) is 4.17. The Morgan fingerprint density at radius 3 is 2.21 bits per heavy atom. The van der Waals surface area contributed by atoms with Crippen LogP contribution in [0.15, 0.2) is 0 Å². The van der Waals surface area contributed by atoms with Crippen LogP contribution in [-0.4, -0.2) is 28.3 Å². The third kappa shape index (κ3) is 2.80. The normalized spacial score (nSPS) is 28.0. The van der Waals surface area contributed by atoms with Gasteiger partial charge in [-0.3, -0.25) is 4.21 Å². The van der Waals surface area contributed by atoms with Crippen molar-refractivity contribution < 1.29 is 4.21 Å². The van der Waals surface area contributed by atoms with Crippen LogP contribution in [0.5, 0.6) is 0 Å². The molecule has 14 heavy (non-hydrogen) atoms.